The van der Waals surface area contributed by atoms with Crippen LogP contribution in [0.3, 0.4) is 0 Å². The first-order chi connectivity index (χ1) is 7.90. The molecule has 4 nitrogen and oxygen atoms in total. The van der Waals surface area contributed by atoms with E-state index in [0.29, 0.717) is 12.1 Å². The van der Waals surface area contributed by atoms with E-state index in [4.69, 9.17) is 18.0 Å². The van der Waals surface area contributed by atoms with Gasteiger partial charge in [0.05, 0.1) is 11.7 Å². The van der Waals surface area contributed by atoms with Crippen LogP contribution in [-0.2, 0) is 10.0 Å². The van der Waals surface area contributed by atoms with Gasteiger partial charge in [-0.15, -0.1) is 6.42 Å². The molecular formula is C10H13ClN2O2S2. The number of nitrogens with zero attached hydrogens (tertiary/aromatic N) is 1. The first-order valence-electron chi connectivity index (χ1n) is 5.02. The molecule has 0 aliphatic heterocycles. The molecule has 7 heteroatoms. The summed E-state index contributed by atoms with van der Waals surface area (Å²) in [5, 5.41) is 0. The number of terminal acetylenes is 1. The lowest BCUT2D eigenvalue weighted by atomic mass is 10.2. The van der Waals surface area contributed by atoms with Crippen molar-refractivity contribution in [3.05, 3.63) is 10.2 Å². The highest BCUT2D eigenvalue weighted by molar-refractivity contribution is 7.91. The summed E-state index contributed by atoms with van der Waals surface area (Å²) < 4.78 is 26.8. The van der Waals surface area contributed by atoms with Gasteiger partial charge >= 0.3 is 0 Å². The molecule has 1 aromatic heterocycles. The van der Waals surface area contributed by atoms with Crippen LogP contribution in [0.1, 0.15) is 25.5 Å². The lowest BCUT2D eigenvalue weighted by Crippen LogP contribution is -2.33. The number of sulfonamides is 1. The van der Waals surface area contributed by atoms with Crippen molar-refractivity contribution in [1.82, 2.24) is 9.71 Å². The lowest BCUT2D eigenvalue weighted by Gasteiger charge is -2.11. The predicted molar refractivity (Wildman–Crippen MR) is 69.7 cm³/mol. The highest BCUT2D eigenvalue weighted by Gasteiger charge is 2.23. The Morgan fingerprint density at radius 3 is 2.71 bits per heavy atom. The second-order valence-electron chi connectivity index (χ2n) is 3.47. The van der Waals surface area contributed by atoms with E-state index in [2.05, 4.69) is 15.6 Å². The molecule has 0 aromatic carbocycles. The van der Waals surface area contributed by atoms with E-state index in [9.17, 15) is 8.42 Å². The maximum absolute atomic E-state index is 12.0. The van der Waals surface area contributed by atoms with Gasteiger partial charge < -0.3 is 0 Å². The first-order valence-corrected chi connectivity index (χ1v) is 7.70. The third-order valence-corrected chi connectivity index (χ3v) is 5.39. The maximum Gasteiger partial charge on any atom is 0.253 e. The van der Waals surface area contributed by atoms with Crippen molar-refractivity contribution >= 4 is 33.0 Å². The maximum atomic E-state index is 12.0. The van der Waals surface area contributed by atoms with Crippen LogP contribution in [0, 0.1) is 19.3 Å². The van der Waals surface area contributed by atoms with Gasteiger partial charge in [-0.3, -0.25) is 0 Å². The Hall–Kier alpha value is -0.610. The molecule has 0 saturated heterocycles. The van der Waals surface area contributed by atoms with Crippen LogP contribution >= 0.6 is 22.9 Å². The molecule has 17 heavy (non-hydrogen) atoms. The molecule has 94 valence electrons. The van der Waals surface area contributed by atoms with E-state index in [1.807, 2.05) is 6.92 Å². The van der Waals surface area contributed by atoms with Crippen molar-refractivity contribution < 1.29 is 8.42 Å². The predicted octanol–water partition coefficient (Wildman–Crippen LogP) is 2.19. The third kappa shape index (κ3) is 3.68. The molecule has 1 atom stereocenters. The van der Waals surface area contributed by atoms with Crippen LogP contribution in [0.2, 0.25) is 4.47 Å². The zero-order valence-electron chi connectivity index (χ0n) is 9.53. The molecule has 1 heterocycles. The lowest BCUT2D eigenvalue weighted by molar-refractivity contribution is 0.565. The standard InChI is InChI=1S/C10H13ClN2O2S2/c1-4-6-8(5-2)13-17(14,15)9-7(3)12-10(11)16-9/h2,8,13H,4,6H2,1,3H3. The van der Waals surface area contributed by atoms with Crippen LogP contribution in [0.25, 0.3) is 0 Å². The van der Waals surface area contributed by atoms with Crippen molar-refractivity contribution in [3.63, 3.8) is 0 Å². The fourth-order valence-corrected chi connectivity index (χ4v) is 4.25. The van der Waals surface area contributed by atoms with Crippen molar-refractivity contribution in [3.8, 4) is 12.3 Å². The van der Waals surface area contributed by atoms with Crippen LogP contribution in [0.15, 0.2) is 4.21 Å². The van der Waals surface area contributed by atoms with Crippen molar-refractivity contribution in [2.75, 3.05) is 0 Å². The number of aryl methyl sites for hydroxylation is 1. The molecule has 0 aliphatic rings. The number of hydrogen-bond donors (Lipinski definition) is 1. The van der Waals surface area contributed by atoms with Crippen LogP contribution in [0.4, 0.5) is 0 Å². The van der Waals surface area contributed by atoms with Gasteiger partial charge in [-0.1, -0.05) is 42.2 Å². The Morgan fingerprint density at radius 1 is 1.65 bits per heavy atom. The van der Waals surface area contributed by atoms with Gasteiger partial charge in [0.25, 0.3) is 10.0 Å². The third-order valence-electron chi connectivity index (χ3n) is 2.05. The Labute approximate surface area is 110 Å². The molecule has 0 aliphatic carbocycles. The summed E-state index contributed by atoms with van der Waals surface area (Å²) in [5.41, 5.74) is 0.389. The van der Waals surface area contributed by atoms with E-state index in [0.717, 1.165) is 17.8 Å². The van der Waals surface area contributed by atoms with Gasteiger partial charge in [0.2, 0.25) is 0 Å². The normalized spacial score (nSPS) is 13.3. The quantitative estimate of drug-likeness (QED) is 0.846. The van der Waals surface area contributed by atoms with Gasteiger partial charge in [-0.05, 0) is 13.3 Å². The molecule has 1 aromatic rings. The topological polar surface area (TPSA) is 59.1 Å². The number of hydrogen-bond acceptors (Lipinski definition) is 4. The minimum absolute atomic E-state index is 0.124. The molecule has 1 unspecified atom stereocenters. The average Bonchev–Trinajstić information content (AvgIpc) is 2.57. The second-order valence-corrected chi connectivity index (χ2v) is 6.96. The Kier molecular flexibility index (Phi) is 4.95. The van der Waals surface area contributed by atoms with Gasteiger partial charge in [0.1, 0.15) is 0 Å². The highest BCUT2D eigenvalue weighted by Crippen LogP contribution is 2.26. The summed E-state index contributed by atoms with van der Waals surface area (Å²) in [6, 6.07) is -0.495. The summed E-state index contributed by atoms with van der Waals surface area (Å²) in [6.45, 7) is 3.54. The van der Waals surface area contributed by atoms with Crippen LogP contribution < -0.4 is 4.72 Å². The van der Waals surface area contributed by atoms with Crippen LogP contribution in [0.5, 0.6) is 0 Å². The fraction of sp³-hybridized carbons (Fsp3) is 0.500. The Morgan fingerprint density at radius 2 is 2.29 bits per heavy atom. The van der Waals surface area contributed by atoms with Crippen molar-refractivity contribution in [1.29, 1.82) is 0 Å². The molecule has 1 rings (SSSR count). The summed E-state index contributed by atoms with van der Waals surface area (Å²) in [5.74, 6) is 2.42. The van der Waals surface area contributed by atoms with Crippen molar-refractivity contribution in [2.45, 2.75) is 36.9 Å². The smallest absolute Gasteiger partial charge is 0.229 e. The van der Waals surface area contributed by atoms with Crippen molar-refractivity contribution in [2.24, 2.45) is 0 Å². The van der Waals surface area contributed by atoms with E-state index in [1.165, 1.54) is 0 Å². The van der Waals surface area contributed by atoms with Gasteiger partial charge in [-0.2, -0.15) is 4.72 Å². The average molecular weight is 293 g/mol. The largest absolute Gasteiger partial charge is 0.253 e. The van der Waals surface area contributed by atoms with E-state index >= 15 is 0 Å². The summed E-state index contributed by atoms with van der Waals surface area (Å²) in [6.07, 6.45) is 6.68. The van der Waals surface area contributed by atoms with E-state index < -0.39 is 16.1 Å². The minimum Gasteiger partial charge on any atom is -0.229 e. The zero-order valence-corrected chi connectivity index (χ0v) is 11.9. The first kappa shape index (κ1) is 14.5. The number of thiazole rings is 1. The minimum atomic E-state index is -3.62. The zero-order chi connectivity index (χ0) is 13.1. The number of halogens is 1. The Bertz CT molecular complexity index is 531. The molecule has 0 spiro atoms. The molecule has 0 amide bonds. The highest BCUT2D eigenvalue weighted by atomic mass is 35.5. The van der Waals surface area contributed by atoms with Crippen LogP contribution in [-0.4, -0.2) is 19.4 Å². The fourth-order valence-electron chi connectivity index (χ4n) is 1.31. The van der Waals surface area contributed by atoms with E-state index in [-0.39, 0.29) is 8.68 Å². The molecule has 0 fully saturated rings. The summed E-state index contributed by atoms with van der Waals surface area (Å²) in [4.78, 5) is 3.87. The molecule has 1 N–H and O–H groups in total. The molecular weight excluding hydrogens is 280 g/mol. The SMILES string of the molecule is C#CC(CCC)NS(=O)(=O)c1sc(Cl)nc1C. The number of rotatable bonds is 5. The van der Waals surface area contributed by atoms with E-state index in [1.54, 1.807) is 6.92 Å². The van der Waals surface area contributed by atoms with Gasteiger partial charge in [0.15, 0.2) is 8.68 Å². The number of aromatic nitrogens is 1. The summed E-state index contributed by atoms with van der Waals surface area (Å²) in [7, 11) is -3.62. The second kappa shape index (κ2) is 5.83. The monoisotopic (exact) mass is 292 g/mol. The Balaban J connectivity index is 2.97. The number of nitrogens with one attached hydrogen (secondary N) is 1. The summed E-state index contributed by atoms with van der Waals surface area (Å²) >= 11 is 6.61. The molecule has 0 bridgehead atoms. The van der Waals surface area contributed by atoms with Gasteiger partial charge in [0, 0.05) is 0 Å². The molecule has 0 saturated carbocycles. The molecule has 0 radical (unpaired) electrons. The van der Waals surface area contributed by atoms with Gasteiger partial charge in [-0.25, -0.2) is 13.4 Å².